The molecule has 3 saturated heterocycles. The number of esters is 1. The Morgan fingerprint density at radius 1 is 1.09 bits per heavy atom. The largest absolute Gasteiger partial charge is 0.457 e. The summed E-state index contributed by atoms with van der Waals surface area (Å²) in [4.78, 5) is 57.8. The maximum Gasteiger partial charge on any atom is 0.411 e. The van der Waals surface area contributed by atoms with Crippen LogP contribution in [0.4, 0.5) is 10.5 Å². The number of carbonyl (C=O) groups excluding carboxylic acids is 4. The van der Waals surface area contributed by atoms with Crippen LogP contribution >= 0.6 is 0 Å². The van der Waals surface area contributed by atoms with Crippen LogP contribution in [0.2, 0.25) is 0 Å². The van der Waals surface area contributed by atoms with Crippen LogP contribution in [0.1, 0.15) is 80.6 Å². The third kappa shape index (κ3) is 9.09. The number of ketones is 2. The lowest BCUT2D eigenvalue weighted by Gasteiger charge is -2.45. The molecular weight excluding hydrogens is 736 g/mol. The van der Waals surface area contributed by atoms with Crippen molar-refractivity contribution in [2.24, 2.45) is 23.5 Å². The summed E-state index contributed by atoms with van der Waals surface area (Å²) in [6.07, 6.45) is -2.03. The maximum atomic E-state index is 14.5. The van der Waals surface area contributed by atoms with Gasteiger partial charge in [0.1, 0.15) is 29.9 Å². The van der Waals surface area contributed by atoms with E-state index >= 15 is 0 Å². The summed E-state index contributed by atoms with van der Waals surface area (Å²) in [5.74, 6) is -4.74. The van der Waals surface area contributed by atoms with Gasteiger partial charge in [0.2, 0.25) is 0 Å². The first-order valence-electron chi connectivity index (χ1n) is 19.9. The lowest BCUT2D eigenvalue weighted by Crippen LogP contribution is -2.59. The molecule has 0 radical (unpaired) electrons. The Morgan fingerprint density at radius 2 is 1.79 bits per heavy atom. The summed E-state index contributed by atoms with van der Waals surface area (Å²) in [5, 5.41) is 19.5. The van der Waals surface area contributed by atoms with Gasteiger partial charge in [-0.1, -0.05) is 44.7 Å². The standard InChI is InChI=1S/C41H60N6O10/c1-10-31-41(8)35(47(39(52)57-41)17-12-11-16-46-21-30(44-45-46)27-14-13-15-28(42)19-27)24(4)32(48)22(2)20-40(7,53-9)36(25(5)33(49)26(6)37(51)55-31)56-38-34(50)29(43)18-23(3)54-38/h13-15,19,21-23,25-26,29,31,34-36,38,50H,4,10-12,16-18,20,42-43H2,1-3,5-9H3/t22-,23-,25+,26-,29?,31-,34?,35-,36-,38+,40-,41-/m1/s1. The Balaban J connectivity index is 1.42. The molecule has 4 heterocycles. The van der Waals surface area contributed by atoms with Crippen molar-refractivity contribution in [3.8, 4) is 11.3 Å². The number of nitrogens with two attached hydrogens (primary N) is 2. The van der Waals surface area contributed by atoms with Gasteiger partial charge in [-0.05, 0) is 71.9 Å². The zero-order valence-corrected chi connectivity index (χ0v) is 34.4. The fraction of sp³-hybridized carbons (Fsp3) is 0.659. The van der Waals surface area contributed by atoms with E-state index in [-0.39, 0.29) is 36.8 Å². The van der Waals surface area contributed by atoms with Gasteiger partial charge in [0.25, 0.3) is 0 Å². The second-order valence-corrected chi connectivity index (χ2v) is 16.4. The van der Waals surface area contributed by atoms with Crippen molar-refractivity contribution in [1.82, 2.24) is 19.9 Å². The number of Topliss-reactive ketones (excluding diaryl/α,β-unsaturated/α-hetero) is 2. The Kier molecular flexibility index (Phi) is 13.7. The molecule has 0 saturated carbocycles. The molecule has 0 bridgehead atoms. The molecule has 3 aliphatic rings. The van der Waals surface area contributed by atoms with Crippen LogP contribution in [0, 0.1) is 17.8 Å². The first kappa shape index (κ1) is 43.9. The second-order valence-electron chi connectivity index (χ2n) is 16.4. The molecule has 16 heteroatoms. The highest BCUT2D eigenvalue weighted by atomic mass is 16.7. The summed E-state index contributed by atoms with van der Waals surface area (Å²) in [5.41, 5.74) is 11.5. The molecule has 3 aliphatic heterocycles. The molecule has 314 valence electrons. The van der Waals surface area contributed by atoms with Gasteiger partial charge in [0, 0.05) is 54.9 Å². The van der Waals surface area contributed by atoms with Crippen molar-refractivity contribution in [2.75, 3.05) is 19.4 Å². The number of hydrogen-bond donors (Lipinski definition) is 3. The van der Waals surface area contributed by atoms with Crippen LogP contribution in [0.3, 0.4) is 0 Å². The minimum atomic E-state index is -1.52. The number of rotatable bonds is 10. The van der Waals surface area contributed by atoms with Gasteiger partial charge in [-0.2, -0.15) is 0 Å². The number of amides is 1. The molecule has 0 aliphatic carbocycles. The van der Waals surface area contributed by atoms with E-state index < -0.39 is 83.5 Å². The molecule has 12 atom stereocenters. The number of aromatic nitrogens is 3. The Labute approximate surface area is 334 Å². The average Bonchev–Trinajstić information content (AvgIpc) is 3.75. The van der Waals surface area contributed by atoms with Crippen LogP contribution in [0.5, 0.6) is 0 Å². The Bertz CT molecular complexity index is 1800. The number of nitrogen functional groups attached to an aromatic ring is 1. The highest BCUT2D eigenvalue weighted by Crippen LogP contribution is 2.42. The van der Waals surface area contributed by atoms with E-state index in [2.05, 4.69) is 16.9 Å². The van der Waals surface area contributed by atoms with Crippen molar-refractivity contribution < 1.29 is 48.0 Å². The molecule has 2 aromatic rings. The molecule has 5 rings (SSSR count). The number of cyclic esters (lactones) is 1. The summed E-state index contributed by atoms with van der Waals surface area (Å²) in [6, 6.07) is 5.70. The highest BCUT2D eigenvalue weighted by molar-refractivity contribution is 6.01. The van der Waals surface area contributed by atoms with Crippen molar-refractivity contribution >= 4 is 29.3 Å². The van der Waals surface area contributed by atoms with Crippen LogP contribution in [0.15, 0.2) is 42.6 Å². The SMILES string of the molecule is C=C1C(=O)[C@H](C)C[C@@](C)(OC)[C@H](O[C@@H]2O[C@H](C)CC(N)C2O)[C@@H](C)C(=O)[C@@H](C)C(=O)O[C@H](CC)[C@@]2(C)OC(=O)N(CCCCn3cc(-c4cccc(N)c4)nn3)[C@H]12. The average molecular weight is 797 g/mol. The number of aliphatic hydroxyl groups is 1. The summed E-state index contributed by atoms with van der Waals surface area (Å²) < 4.78 is 32.3. The number of benzene rings is 1. The van der Waals surface area contributed by atoms with Gasteiger partial charge < -0.3 is 40.3 Å². The fourth-order valence-electron chi connectivity index (χ4n) is 8.62. The maximum absolute atomic E-state index is 14.5. The molecule has 2 unspecified atom stereocenters. The Hall–Kier alpha value is -4.22. The number of anilines is 1. The normalized spacial score (nSPS) is 35.8. The third-order valence-corrected chi connectivity index (χ3v) is 11.9. The van der Waals surface area contributed by atoms with E-state index in [9.17, 15) is 24.3 Å². The van der Waals surface area contributed by atoms with Crippen molar-refractivity contribution in [2.45, 2.75) is 141 Å². The fourth-order valence-corrected chi connectivity index (χ4v) is 8.62. The molecule has 0 spiro atoms. The first-order chi connectivity index (χ1) is 26.8. The van der Waals surface area contributed by atoms with E-state index in [1.54, 1.807) is 52.3 Å². The van der Waals surface area contributed by atoms with E-state index in [1.165, 1.54) is 18.9 Å². The lowest BCUT2D eigenvalue weighted by molar-refractivity contribution is -0.288. The minimum absolute atomic E-state index is 0.0395. The van der Waals surface area contributed by atoms with Crippen LogP contribution in [0.25, 0.3) is 11.3 Å². The predicted octanol–water partition coefficient (Wildman–Crippen LogP) is 3.83. The molecule has 16 nitrogen and oxygen atoms in total. The van der Waals surface area contributed by atoms with Gasteiger partial charge in [-0.15, -0.1) is 5.10 Å². The quantitative estimate of drug-likeness (QED) is 0.102. The van der Waals surface area contributed by atoms with Gasteiger partial charge in [0.15, 0.2) is 23.5 Å². The monoisotopic (exact) mass is 796 g/mol. The third-order valence-electron chi connectivity index (χ3n) is 11.9. The topological polar surface area (TPSA) is 221 Å². The second kappa shape index (κ2) is 17.7. The van der Waals surface area contributed by atoms with Crippen LogP contribution in [-0.4, -0.2) is 116 Å². The van der Waals surface area contributed by atoms with Crippen LogP contribution < -0.4 is 11.5 Å². The van der Waals surface area contributed by atoms with Gasteiger partial charge in [0.05, 0.1) is 24.0 Å². The van der Waals surface area contributed by atoms with Crippen molar-refractivity contribution in [3.05, 3.63) is 42.6 Å². The number of unbranched alkanes of at least 4 members (excludes halogenated alkanes) is 1. The number of ether oxygens (including phenoxy) is 5. The summed E-state index contributed by atoms with van der Waals surface area (Å²) in [7, 11) is 1.44. The van der Waals surface area contributed by atoms with Crippen LogP contribution in [-0.2, 0) is 44.6 Å². The highest BCUT2D eigenvalue weighted by Gasteiger charge is 2.59. The molecule has 5 N–H and O–H groups in total. The van der Waals surface area contributed by atoms with E-state index in [0.717, 1.165) is 5.56 Å². The van der Waals surface area contributed by atoms with Gasteiger partial charge >= 0.3 is 12.1 Å². The number of methoxy groups -OCH3 is 1. The minimum Gasteiger partial charge on any atom is -0.457 e. The molecular formula is C41H60N6O10. The van der Waals surface area contributed by atoms with Crippen molar-refractivity contribution in [1.29, 1.82) is 0 Å². The van der Waals surface area contributed by atoms with E-state index in [0.29, 0.717) is 37.2 Å². The molecule has 57 heavy (non-hydrogen) atoms. The lowest BCUT2D eigenvalue weighted by atomic mass is 9.75. The van der Waals surface area contributed by atoms with E-state index in [1.807, 2.05) is 24.4 Å². The molecule has 1 aromatic carbocycles. The van der Waals surface area contributed by atoms with E-state index in [4.69, 9.17) is 35.2 Å². The number of hydrogen-bond acceptors (Lipinski definition) is 14. The molecule has 3 fully saturated rings. The number of nitrogens with zero attached hydrogens (tertiary/aromatic N) is 4. The zero-order valence-electron chi connectivity index (χ0n) is 34.4. The van der Waals surface area contributed by atoms with Gasteiger partial charge in [-0.3, -0.25) is 24.0 Å². The smallest absolute Gasteiger partial charge is 0.411 e. The first-order valence-corrected chi connectivity index (χ1v) is 19.9. The Morgan fingerprint density at radius 3 is 2.46 bits per heavy atom. The number of fused-ring (bicyclic) bond motifs is 1. The van der Waals surface area contributed by atoms with Crippen molar-refractivity contribution in [3.63, 3.8) is 0 Å². The summed E-state index contributed by atoms with van der Waals surface area (Å²) >= 11 is 0. The molecule has 1 amide bonds. The van der Waals surface area contributed by atoms with Gasteiger partial charge in [-0.25, -0.2) is 4.79 Å². The number of carbonyl (C=O) groups is 4. The number of aliphatic hydroxyl groups excluding tert-OH is 1. The number of aryl methyl sites for hydroxylation is 1. The zero-order chi connectivity index (χ0) is 42.0. The predicted molar refractivity (Wildman–Crippen MR) is 209 cm³/mol. The summed E-state index contributed by atoms with van der Waals surface area (Å²) in [6.45, 7) is 16.7. The molecule has 1 aromatic heterocycles.